The Morgan fingerprint density at radius 3 is 3.00 bits per heavy atom. The lowest BCUT2D eigenvalue weighted by atomic mass is 9.61. The summed E-state index contributed by atoms with van der Waals surface area (Å²) in [4.78, 5) is 0. The molecule has 2 heterocycles. The van der Waals surface area contributed by atoms with Crippen LogP contribution in [0, 0.1) is 17.8 Å². The number of hydrogen-bond acceptors (Lipinski definition) is 1. The summed E-state index contributed by atoms with van der Waals surface area (Å²) >= 11 is 0. The third-order valence-electron chi connectivity index (χ3n) is 4.78. The summed E-state index contributed by atoms with van der Waals surface area (Å²) in [5.41, 5.74) is 0.606. The largest absolute Gasteiger partial charge is 0.310 e. The Morgan fingerprint density at radius 1 is 1.33 bits per heavy atom. The zero-order valence-electron chi connectivity index (χ0n) is 7.97. The van der Waals surface area contributed by atoms with Crippen LogP contribution in [0.15, 0.2) is 0 Å². The summed E-state index contributed by atoms with van der Waals surface area (Å²) in [6.07, 6.45) is 7.50. The Labute approximate surface area is 74.9 Å². The van der Waals surface area contributed by atoms with Gasteiger partial charge in [0.1, 0.15) is 0 Å². The maximum atomic E-state index is 3.84. The standard InChI is InChI=1S/C11H19N/c1-8-5-9-6-10-3-2-4-11(8,10)12-7-9/h8-10,12H,2-7H2,1H3/t8?,9-,10?,11+/m1/s1. The van der Waals surface area contributed by atoms with E-state index in [1.165, 1.54) is 38.6 Å². The quantitative estimate of drug-likeness (QED) is 0.580. The van der Waals surface area contributed by atoms with E-state index in [2.05, 4.69) is 12.2 Å². The average Bonchev–Trinajstić information content (AvgIpc) is 2.47. The van der Waals surface area contributed by atoms with Crippen LogP contribution < -0.4 is 5.32 Å². The molecule has 4 atom stereocenters. The lowest BCUT2D eigenvalue weighted by molar-refractivity contribution is 0.0181. The third-order valence-corrected chi connectivity index (χ3v) is 4.78. The fourth-order valence-electron chi connectivity index (χ4n) is 4.20. The van der Waals surface area contributed by atoms with Gasteiger partial charge in [-0.1, -0.05) is 13.3 Å². The highest BCUT2D eigenvalue weighted by Gasteiger charge is 2.53. The van der Waals surface area contributed by atoms with Crippen LogP contribution in [0.25, 0.3) is 0 Å². The minimum atomic E-state index is 0.606. The zero-order valence-corrected chi connectivity index (χ0v) is 7.97. The SMILES string of the molecule is CC1C[C@H]2CN[C@@]13CCCC3C2. The van der Waals surface area contributed by atoms with Crippen LogP contribution in [-0.4, -0.2) is 12.1 Å². The summed E-state index contributed by atoms with van der Waals surface area (Å²) in [7, 11) is 0. The third kappa shape index (κ3) is 0.736. The van der Waals surface area contributed by atoms with Crippen LogP contribution in [0.3, 0.4) is 0 Å². The first-order chi connectivity index (χ1) is 5.81. The normalized spacial score (nSPS) is 57.2. The molecule has 0 amide bonds. The molecule has 2 unspecified atom stereocenters. The molecule has 2 aliphatic heterocycles. The molecule has 4 aliphatic rings. The molecule has 0 aromatic carbocycles. The molecule has 68 valence electrons. The Morgan fingerprint density at radius 2 is 2.25 bits per heavy atom. The van der Waals surface area contributed by atoms with Crippen LogP contribution >= 0.6 is 0 Å². The highest BCUT2D eigenvalue weighted by Crippen LogP contribution is 2.53. The summed E-state index contributed by atoms with van der Waals surface area (Å²) in [6, 6.07) is 0. The molecule has 2 bridgehead atoms. The second kappa shape index (κ2) is 2.25. The van der Waals surface area contributed by atoms with E-state index < -0.39 is 0 Å². The maximum Gasteiger partial charge on any atom is 0.0235 e. The van der Waals surface area contributed by atoms with Crippen molar-refractivity contribution in [1.29, 1.82) is 0 Å². The molecular formula is C11H19N. The monoisotopic (exact) mass is 165 g/mol. The van der Waals surface area contributed by atoms with Gasteiger partial charge in [0, 0.05) is 5.54 Å². The predicted octanol–water partition coefficient (Wildman–Crippen LogP) is 2.17. The van der Waals surface area contributed by atoms with Gasteiger partial charge in [-0.15, -0.1) is 0 Å². The first-order valence-corrected chi connectivity index (χ1v) is 5.56. The first kappa shape index (κ1) is 7.37. The molecule has 2 saturated heterocycles. The fourth-order valence-corrected chi connectivity index (χ4v) is 4.20. The van der Waals surface area contributed by atoms with Gasteiger partial charge in [0.2, 0.25) is 0 Å². The van der Waals surface area contributed by atoms with E-state index in [0.29, 0.717) is 5.54 Å². The van der Waals surface area contributed by atoms with Crippen LogP contribution in [-0.2, 0) is 0 Å². The van der Waals surface area contributed by atoms with Gasteiger partial charge in [-0.25, -0.2) is 0 Å². The van der Waals surface area contributed by atoms with Crippen LogP contribution in [0.1, 0.15) is 39.0 Å². The van der Waals surface area contributed by atoms with Crippen LogP contribution in [0.4, 0.5) is 0 Å². The van der Waals surface area contributed by atoms with Crippen molar-refractivity contribution in [2.75, 3.05) is 6.54 Å². The fraction of sp³-hybridized carbons (Fsp3) is 1.00. The molecular weight excluding hydrogens is 146 g/mol. The van der Waals surface area contributed by atoms with Gasteiger partial charge in [-0.05, 0) is 50.0 Å². The van der Waals surface area contributed by atoms with Gasteiger partial charge in [0.05, 0.1) is 0 Å². The number of rotatable bonds is 0. The highest BCUT2D eigenvalue weighted by molar-refractivity contribution is 5.10. The van der Waals surface area contributed by atoms with Crippen molar-refractivity contribution in [1.82, 2.24) is 5.32 Å². The van der Waals surface area contributed by atoms with Crippen molar-refractivity contribution in [2.45, 2.75) is 44.6 Å². The van der Waals surface area contributed by atoms with Crippen molar-refractivity contribution in [2.24, 2.45) is 17.8 Å². The second-order valence-electron chi connectivity index (χ2n) is 5.25. The number of fused-ring (bicyclic) bond motifs is 2. The number of piperidine rings is 2. The van der Waals surface area contributed by atoms with Gasteiger partial charge < -0.3 is 5.32 Å². The second-order valence-corrected chi connectivity index (χ2v) is 5.25. The molecule has 0 radical (unpaired) electrons. The Kier molecular flexibility index (Phi) is 1.39. The molecule has 4 fully saturated rings. The van der Waals surface area contributed by atoms with E-state index in [1.54, 1.807) is 0 Å². The molecule has 1 nitrogen and oxygen atoms in total. The van der Waals surface area contributed by atoms with E-state index in [-0.39, 0.29) is 0 Å². The molecule has 0 aromatic heterocycles. The van der Waals surface area contributed by atoms with Crippen molar-refractivity contribution in [3.63, 3.8) is 0 Å². The zero-order chi connectivity index (χ0) is 8.18. The van der Waals surface area contributed by atoms with E-state index in [4.69, 9.17) is 0 Å². The number of hydrogen-bond donors (Lipinski definition) is 1. The minimum absolute atomic E-state index is 0.606. The molecule has 2 aliphatic carbocycles. The summed E-state index contributed by atoms with van der Waals surface area (Å²) in [6.45, 7) is 3.79. The molecule has 1 heteroatoms. The predicted molar refractivity (Wildman–Crippen MR) is 50.0 cm³/mol. The van der Waals surface area contributed by atoms with E-state index in [0.717, 1.165) is 17.8 Å². The average molecular weight is 165 g/mol. The van der Waals surface area contributed by atoms with Gasteiger partial charge >= 0.3 is 0 Å². The molecule has 1 spiro atoms. The van der Waals surface area contributed by atoms with Crippen molar-refractivity contribution in [3.8, 4) is 0 Å². The Bertz CT molecular complexity index is 201. The summed E-state index contributed by atoms with van der Waals surface area (Å²) in [5, 5.41) is 3.84. The Balaban J connectivity index is 1.97. The first-order valence-electron chi connectivity index (χ1n) is 5.56. The van der Waals surface area contributed by atoms with Gasteiger partial charge in [0.25, 0.3) is 0 Å². The minimum Gasteiger partial charge on any atom is -0.310 e. The smallest absolute Gasteiger partial charge is 0.0235 e. The van der Waals surface area contributed by atoms with Crippen molar-refractivity contribution < 1.29 is 0 Å². The van der Waals surface area contributed by atoms with Crippen LogP contribution in [0.5, 0.6) is 0 Å². The molecule has 2 saturated carbocycles. The van der Waals surface area contributed by atoms with Gasteiger partial charge in [0.15, 0.2) is 0 Å². The number of nitrogens with one attached hydrogen (secondary N) is 1. The topological polar surface area (TPSA) is 12.0 Å². The lowest BCUT2D eigenvalue weighted by Crippen LogP contribution is -2.63. The van der Waals surface area contributed by atoms with E-state index >= 15 is 0 Å². The van der Waals surface area contributed by atoms with Gasteiger partial charge in [-0.3, -0.25) is 0 Å². The molecule has 4 rings (SSSR count). The van der Waals surface area contributed by atoms with Crippen molar-refractivity contribution >= 4 is 0 Å². The van der Waals surface area contributed by atoms with Crippen LogP contribution in [0.2, 0.25) is 0 Å². The maximum absolute atomic E-state index is 3.84. The summed E-state index contributed by atoms with van der Waals surface area (Å²) < 4.78 is 0. The summed E-state index contributed by atoms with van der Waals surface area (Å²) in [5.74, 6) is 3.02. The lowest BCUT2D eigenvalue weighted by Gasteiger charge is -2.54. The van der Waals surface area contributed by atoms with E-state index in [9.17, 15) is 0 Å². The van der Waals surface area contributed by atoms with E-state index in [1.807, 2.05) is 0 Å². The molecule has 1 N–H and O–H groups in total. The molecule has 12 heavy (non-hydrogen) atoms. The van der Waals surface area contributed by atoms with Gasteiger partial charge in [-0.2, -0.15) is 0 Å². The Hall–Kier alpha value is -0.0400. The highest BCUT2D eigenvalue weighted by atomic mass is 15.0. The molecule has 0 aromatic rings. The van der Waals surface area contributed by atoms with Crippen molar-refractivity contribution in [3.05, 3.63) is 0 Å².